The lowest BCUT2D eigenvalue weighted by molar-refractivity contribution is 0.0751. The molecule has 1 aliphatic carbocycles. The van der Waals surface area contributed by atoms with Crippen LogP contribution in [0.15, 0.2) is 22.7 Å². The van der Waals surface area contributed by atoms with Gasteiger partial charge in [-0.2, -0.15) is 0 Å². The molecule has 3 heteroatoms. The second-order valence-corrected chi connectivity index (χ2v) is 5.98. The van der Waals surface area contributed by atoms with E-state index in [1.165, 1.54) is 5.56 Å². The normalized spacial score (nSPS) is 27.6. The molecule has 0 aromatic heterocycles. The van der Waals surface area contributed by atoms with Gasteiger partial charge in [0.05, 0.1) is 4.47 Å². The predicted molar refractivity (Wildman–Crippen MR) is 68.1 cm³/mol. The predicted octanol–water partition coefficient (Wildman–Crippen LogP) is 3.69. The highest BCUT2D eigenvalue weighted by Crippen LogP contribution is 2.52. The molecule has 1 aliphatic rings. The van der Waals surface area contributed by atoms with Crippen LogP contribution in [0.1, 0.15) is 31.7 Å². The van der Waals surface area contributed by atoms with Gasteiger partial charge in [0, 0.05) is 6.04 Å². The first-order valence-corrected chi connectivity index (χ1v) is 6.38. The Morgan fingerprint density at radius 1 is 1.44 bits per heavy atom. The minimum atomic E-state index is -0.189. The minimum Gasteiger partial charge on any atom is -0.316 e. The summed E-state index contributed by atoms with van der Waals surface area (Å²) in [5, 5.41) is 3.33. The van der Waals surface area contributed by atoms with E-state index in [1.807, 2.05) is 19.2 Å². The number of nitrogens with one attached hydrogen (secondary N) is 1. The Bertz CT molecular complexity index is 403. The van der Waals surface area contributed by atoms with Crippen molar-refractivity contribution in [1.29, 1.82) is 0 Å². The van der Waals surface area contributed by atoms with Crippen molar-refractivity contribution in [3.05, 3.63) is 34.1 Å². The Balaban J connectivity index is 2.24. The van der Waals surface area contributed by atoms with Gasteiger partial charge in [0.1, 0.15) is 5.82 Å². The summed E-state index contributed by atoms with van der Waals surface area (Å²) in [5.74, 6) is 0.327. The van der Waals surface area contributed by atoms with Gasteiger partial charge in [-0.3, -0.25) is 0 Å². The van der Waals surface area contributed by atoms with Crippen molar-refractivity contribution in [2.24, 2.45) is 5.41 Å². The second-order valence-electron chi connectivity index (χ2n) is 5.12. The van der Waals surface area contributed by atoms with E-state index in [0.29, 0.717) is 16.4 Å². The highest BCUT2D eigenvalue weighted by molar-refractivity contribution is 9.10. The molecule has 1 nitrogen and oxygen atoms in total. The third-order valence-electron chi connectivity index (χ3n) is 3.96. The van der Waals surface area contributed by atoms with Crippen LogP contribution >= 0.6 is 15.9 Å². The average molecular weight is 286 g/mol. The largest absolute Gasteiger partial charge is 0.316 e. The van der Waals surface area contributed by atoms with Crippen molar-refractivity contribution < 1.29 is 4.39 Å². The molecule has 0 amide bonds. The van der Waals surface area contributed by atoms with Crippen LogP contribution in [0.2, 0.25) is 0 Å². The van der Waals surface area contributed by atoms with Crippen LogP contribution in [0.5, 0.6) is 0 Å². The maximum absolute atomic E-state index is 13.2. The van der Waals surface area contributed by atoms with E-state index < -0.39 is 0 Å². The standard InChI is InChI=1S/C13H17BrFN/c1-13(2)9(7-12(13)16-3)8-4-5-11(15)10(14)6-8/h4-6,9,12,16H,7H2,1-3H3. The number of hydrogen-bond acceptors (Lipinski definition) is 1. The van der Waals surface area contributed by atoms with Crippen LogP contribution in [0.3, 0.4) is 0 Å². The van der Waals surface area contributed by atoms with E-state index >= 15 is 0 Å². The summed E-state index contributed by atoms with van der Waals surface area (Å²) in [4.78, 5) is 0. The Kier molecular flexibility index (Phi) is 3.10. The fourth-order valence-electron chi connectivity index (χ4n) is 2.71. The lowest BCUT2D eigenvalue weighted by atomic mass is 9.56. The first-order valence-electron chi connectivity index (χ1n) is 5.59. The monoisotopic (exact) mass is 285 g/mol. The van der Waals surface area contributed by atoms with E-state index in [4.69, 9.17) is 0 Å². The van der Waals surface area contributed by atoms with E-state index in [9.17, 15) is 4.39 Å². The van der Waals surface area contributed by atoms with Gasteiger partial charge >= 0.3 is 0 Å². The molecule has 1 N–H and O–H groups in total. The van der Waals surface area contributed by atoms with Gasteiger partial charge in [-0.05, 0) is 58.4 Å². The quantitative estimate of drug-likeness (QED) is 0.874. The van der Waals surface area contributed by atoms with Crippen LogP contribution in [-0.2, 0) is 0 Å². The van der Waals surface area contributed by atoms with Gasteiger partial charge in [-0.1, -0.05) is 19.9 Å². The molecular formula is C13H17BrFN. The molecule has 2 unspecified atom stereocenters. The molecule has 2 rings (SSSR count). The van der Waals surface area contributed by atoms with E-state index in [1.54, 1.807) is 6.07 Å². The fraction of sp³-hybridized carbons (Fsp3) is 0.538. The van der Waals surface area contributed by atoms with E-state index in [-0.39, 0.29) is 11.2 Å². The first-order chi connectivity index (χ1) is 7.46. The fourth-order valence-corrected chi connectivity index (χ4v) is 3.11. The Labute approximate surface area is 105 Å². The summed E-state index contributed by atoms with van der Waals surface area (Å²) in [6.07, 6.45) is 1.13. The van der Waals surface area contributed by atoms with Gasteiger partial charge in [0.2, 0.25) is 0 Å². The third-order valence-corrected chi connectivity index (χ3v) is 4.57. The van der Waals surface area contributed by atoms with E-state index in [2.05, 4.69) is 35.1 Å². The lowest BCUT2D eigenvalue weighted by Crippen LogP contribution is -2.54. The first kappa shape index (κ1) is 12.1. The molecule has 1 saturated carbocycles. The number of rotatable bonds is 2. The van der Waals surface area contributed by atoms with Crippen LogP contribution in [0, 0.1) is 11.2 Å². The molecular weight excluding hydrogens is 269 g/mol. The summed E-state index contributed by atoms with van der Waals surface area (Å²) in [6.45, 7) is 4.53. The van der Waals surface area contributed by atoms with Gasteiger partial charge in [-0.15, -0.1) is 0 Å². The Morgan fingerprint density at radius 3 is 2.62 bits per heavy atom. The zero-order valence-corrected chi connectivity index (χ0v) is 11.4. The van der Waals surface area contributed by atoms with Crippen LogP contribution in [0.25, 0.3) is 0 Å². The van der Waals surface area contributed by atoms with Crippen LogP contribution in [-0.4, -0.2) is 13.1 Å². The summed E-state index contributed by atoms with van der Waals surface area (Å²) in [7, 11) is 2.00. The summed E-state index contributed by atoms with van der Waals surface area (Å²) in [6, 6.07) is 5.91. The molecule has 0 saturated heterocycles. The lowest BCUT2D eigenvalue weighted by Gasteiger charge is -2.52. The summed E-state index contributed by atoms with van der Waals surface area (Å²) >= 11 is 3.25. The molecule has 0 heterocycles. The Morgan fingerprint density at radius 2 is 2.12 bits per heavy atom. The number of hydrogen-bond donors (Lipinski definition) is 1. The molecule has 16 heavy (non-hydrogen) atoms. The molecule has 1 fully saturated rings. The average Bonchev–Trinajstić information content (AvgIpc) is 2.22. The van der Waals surface area contributed by atoms with Crippen molar-refractivity contribution in [3.8, 4) is 0 Å². The maximum atomic E-state index is 13.2. The van der Waals surface area contributed by atoms with Gasteiger partial charge in [0.25, 0.3) is 0 Å². The van der Waals surface area contributed by atoms with Crippen LogP contribution < -0.4 is 5.32 Å². The molecule has 0 spiro atoms. The molecule has 88 valence electrons. The summed E-state index contributed by atoms with van der Waals surface area (Å²) in [5.41, 5.74) is 1.47. The molecule has 0 bridgehead atoms. The second kappa shape index (κ2) is 4.11. The zero-order valence-electron chi connectivity index (χ0n) is 9.85. The van der Waals surface area contributed by atoms with Gasteiger partial charge < -0.3 is 5.32 Å². The van der Waals surface area contributed by atoms with Gasteiger partial charge in [-0.25, -0.2) is 4.39 Å². The van der Waals surface area contributed by atoms with Crippen molar-refractivity contribution in [3.63, 3.8) is 0 Å². The third kappa shape index (κ3) is 1.80. The molecule has 0 radical (unpaired) electrons. The number of benzene rings is 1. The van der Waals surface area contributed by atoms with E-state index in [0.717, 1.165) is 6.42 Å². The molecule has 1 aromatic rings. The zero-order chi connectivity index (χ0) is 11.9. The van der Waals surface area contributed by atoms with Crippen molar-refractivity contribution in [1.82, 2.24) is 5.32 Å². The topological polar surface area (TPSA) is 12.0 Å². The van der Waals surface area contributed by atoms with Crippen molar-refractivity contribution >= 4 is 15.9 Å². The molecule has 1 aromatic carbocycles. The highest BCUT2D eigenvalue weighted by atomic mass is 79.9. The van der Waals surface area contributed by atoms with Crippen molar-refractivity contribution in [2.45, 2.75) is 32.2 Å². The smallest absolute Gasteiger partial charge is 0.137 e. The Hall–Kier alpha value is -0.410. The molecule has 2 atom stereocenters. The highest BCUT2D eigenvalue weighted by Gasteiger charge is 2.47. The minimum absolute atomic E-state index is 0.189. The maximum Gasteiger partial charge on any atom is 0.137 e. The van der Waals surface area contributed by atoms with Gasteiger partial charge in [0.15, 0.2) is 0 Å². The number of halogens is 2. The SMILES string of the molecule is CNC1CC(c2ccc(F)c(Br)c2)C1(C)C. The van der Waals surface area contributed by atoms with Crippen LogP contribution in [0.4, 0.5) is 4.39 Å². The molecule has 0 aliphatic heterocycles. The summed E-state index contributed by atoms with van der Waals surface area (Å²) < 4.78 is 13.7. The van der Waals surface area contributed by atoms with Crippen molar-refractivity contribution in [2.75, 3.05) is 7.05 Å².